The Morgan fingerprint density at radius 2 is 2.10 bits per heavy atom. The molecule has 114 valence electrons. The minimum atomic E-state index is -0.291. The van der Waals surface area contributed by atoms with Crippen molar-refractivity contribution in [1.82, 2.24) is 9.88 Å². The number of oxazole rings is 1. The molecule has 1 fully saturated rings. The van der Waals surface area contributed by atoms with Gasteiger partial charge in [0, 0.05) is 44.8 Å². The molecule has 0 aliphatic carbocycles. The van der Waals surface area contributed by atoms with Crippen molar-refractivity contribution in [2.24, 2.45) is 5.73 Å². The molecule has 5 nitrogen and oxygen atoms in total. The van der Waals surface area contributed by atoms with Crippen molar-refractivity contribution in [3.8, 4) is 0 Å². The van der Waals surface area contributed by atoms with Crippen molar-refractivity contribution >= 4 is 17.1 Å². The Labute approximate surface area is 123 Å². The van der Waals surface area contributed by atoms with Gasteiger partial charge in [-0.2, -0.15) is 4.98 Å². The first-order chi connectivity index (χ1) is 10.2. The Kier molecular flexibility index (Phi) is 4.07. The van der Waals surface area contributed by atoms with E-state index in [1.54, 1.807) is 6.07 Å². The Morgan fingerprint density at radius 1 is 1.33 bits per heavy atom. The molecule has 0 amide bonds. The predicted octanol–water partition coefficient (Wildman–Crippen LogP) is 1.83. The quantitative estimate of drug-likeness (QED) is 0.931. The van der Waals surface area contributed by atoms with Gasteiger partial charge in [0.2, 0.25) is 0 Å². The zero-order chi connectivity index (χ0) is 14.8. The summed E-state index contributed by atoms with van der Waals surface area (Å²) in [5, 5.41) is 0. The van der Waals surface area contributed by atoms with Crippen LogP contribution in [-0.2, 0) is 0 Å². The second kappa shape index (κ2) is 5.99. The standard InChI is InChI=1S/C15H21FN4O/c1-2-12(17)10-19-5-7-20(8-6-19)15-18-13-9-11(16)3-4-14(13)21-15/h3-4,9,12H,2,5-8,10,17H2,1H3. The molecular formula is C15H21FN4O. The van der Waals surface area contributed by atoms with Gasteiger partial charge in [-0.15, -0.1) is 0 Å². The second-order valence-corrected chi connectivity index (χ2v) is 5.56. The highest BCUT2D eigenvalue weighted by molar-refractivity contribution is 5.74. The van der Waals surface area contributed by atoms with Gasteiger partial charge >= 0.3 is 0 Å². The lowest BCUT2D eigenvalue weighted by Crippen LogP contribution is -2.49. The van der Waals surface area contributed by atoms with E-state index in [0.29, 0.717) is 17.1 Å². The van der Waals surface area contributed by atoms with Gasteiger partial charge in [-0.3, -0.25) is 4.90 Å². The first kappa shape index (κ1) is 14.3. The molecule has 1 aromatic carbocycles. The van der Waals surface area contributed by atoms with Crippen molar-refractivity contribution < 1.29 is 8.81 Å². The molecule has 0 radical (unpaired) electrons. The minimum Gasteiger partial charge on any atom is -0.423 e. The maximum absolute atomic E-state index is 13.2. The Bertz CT molecular complexity index is 607. The molecule has 0 saturated carbocycles. The number of nitrogens with zero attached hydrogens (tertiary/aromatic N) is 3. The first-order valence-electron chi connectivity index (χ1n) is 7.44. The molecule has 1 aromatic heterocycles. The smallest absolute Gasteiger partial charge is 0.298 e. The van der Waals surface area contributed by atoms with Crippen LogP contribution in [-0.4, -0.2) is 48.6 Å². The number of fused-ring (bicyclic) bond motifs is 1. The lowest BCUT2D eigenvalue weighted by atomic mass is 10.2. The molecule has 0 spiro atoms. The Morgan fingerprint density at radius 3 is 2.81 bits per heavy atom. The minimum absolute atomic E-state index is 0.240. The van der Waals surface area contributed by atoms with Crippen LogP contribution in [0.25, 0.3) is 11.1 Å². The van der Waals surface area contributed by atoms with Crippen LogP contribution in [0.2, 0.25) is 0 Å². The largest absolute Gasteiger partial charge is 0.423 e. The van der Waals surface area contributed by atoms with Crippen molar-refractivity contribution in [3.05, 3.63) is 24.0 Å². The molecule has 1 aliphatic heterocycles. The molecule has 2 heterocycles. The molecule has 1 atom stereocenters. The van der Waals surface area contributed by atoms with Gasteiger partial charge in [-0.1, -0.05) is 6.92 Å². The average molecular weight is 292 g/mol. The van der Waals surface area contributed by atoms with Crippen LogP contribution in [0.4, 0.5) is 10.4 Å². The zero-order valence-electron chi connectivity index (χ0n) is 12.3. The van der Waals surface area contributed by atoms with Gasteiger partial charge in [0.15, 0.2) is 5.58 Å². The van der Waals surface area contributed by atoms with Crippen LogP contribution in [0.15, 0.2) is 22.6 Å². The number of hydrogen-bond acceptors (Lipinski definition) is 5. The van der Waals surface area contributed by atoms with E-state index < -0.39 is 0 Å². The summed E-state index contributed by atoms with van der Waals surface area (Å²) in [6.07, 6.45) is 0.997. The zero-order valence-corrected chi connectivity index (χ0v) is 12.3. The number of halogens is 1. The van der Waals surface area contributed by atoms with Gasteiger partial charge < -0.3 is 15.1 Å². The van der Waals surface area contributed by atoms with Crippen molar-refractivity contribution in [2.75, 3.05) is 37.6 Å². The highest BCUT2D eigenvalue weighted by atomic mass is 19.1. The number of benzene rings is 1. The number of piperazine rings is 1. The molecule has 0 bridgehead atoms. The Hall–Kier alpha value is -1.66. The molecule has 1 saturated heterocycles. The maximum Gasteiger partial charge on any atom is 0.298 e. The third-order valence-corrected chi connectivity index (χ3v) is 4.00. The fourth-order valence-corrected chi connectivity index (χ4v) is 2.61. The van der Waals surface area contributed by atoms with Crippen molar-refractivity contribution in [3.63, 3.8) is 0 Å². The van der Waals surface area contributed by atoms with E-state index in [9.17, 15) is 4.39 Å². The third kappa shape index (κ3) is 3.16. The van der Waals surface area contributed by atoms with Crippen molar-refractivity contribution in [2.45, 2.75) is 19.4 Å². The summed E-state index contributed by atoms with van der Waals surface area (Å²) in [6, 6.07) is 5.23. The van der Waals surface area contributed by atoms with E-state index in [2.05, 4.69) is 21.7 Å². The summed E-state index contributed by atoms with van der Waals surface area (Å²) in [4.78, 5) is 8.85. The molecule has 2 N–H and O–H groups in total. The topological polar surface area (TPSA) is 58.5 Å². The number of aromatic nitrogens is 1. The number of hydrogen-bond donors (Lipinski definition) is 1. The van der Waals surface area contributed by atoms with E-state index >= 15 is 0 Å². The van der Waals surface area contributed by atoms with Gasteiger partial charge in [0.1, 0.15) is 11.3 Å². The van der Waals surface area contributed by atoms with Crippen LogP contribution in [0.3, 0.4) is 0 Å². The lowest BCUT2D eigenvalue weighted by Gasteiger charge is -2.34. The van der Waals surface area contributed by atoms with Gasteiger partial charge in [-0.25, -0.2) is 4.39 Å². The number of nitrogens with two attached hydrogens (primary N) is 1. The molecule has 1 unspecified atom stereocenters. The SMILES string of the molecule is CCC(N)CN1CCN(c2nc3cc(F)ccc3o2)CC1. The summed E-state index contributed by atoms with van der Waals surface area (Å²) in [7, 11) is 0. The van der Waals surface area contributed by atoms with Crippen LogP contribution in [0, 0.1) is 5.82 Å². The van der Waals surface area contributed by atoms with E-state index in [4.69, 9.17) is 10.2 Å². The summed E-state index contributed by atoms with van der Waals surface area (Å²) < 4.78 is 18.9. The van der Waals surface area contributed by atoms with Crippen LogP contribution in [0.1, 0.15) is 13.3 Å². The molecule has 6 heteroatoms. The van der Waals surface area contributed by atoms with Crippen molar-refractivity contribution in [1.29, 1.82) is 0 Å². The normalized spacial score (nSPS) is 18.3. The second-order valence-electron chi connectivity index (χ2n) is 5.56. The Balaban J connectivity index is 1.65. The number of rotatable bonds is 4. The highest BCUT2D eigenvalue weighted by Crippen LogP contribution is 2.23. The summed E-state index contributed by atoms with van der Waals surface area (Å²) >= 11 is 0. The summed E-state index contributed by atoms with van der Waals surface area (Å²) in [6.45, 7) is 6.64. The fourth-order valence-electron chi connectivity index (χ4n) is 2.61. The molecular weight excluding hydrogens is 271 g/mol. The van der Waals surface area contributed by atoms with Crippen LogP contribution in [0.5, 0.6) is 0 Å². The van der Waals surface area contributed by atoms with Gasteiger partial charge in [0.25, 0.3) is 6.01 Å². The van der Waals surface area contributed by atoms with E-state index in [0.717, 1.165) is 39.1 Å². The summed E-state index contributed by atoms with van der Waals surface area (Å²) in [5.74, 6) is -0.291. The third-order valence-electron chi connectivity index (χ3n) is 4.00. The van der Waals surface area contributed by atoms with Crippen LogP contribution < -0.4 is 10.6 Å². The summed E-state index contributed by atoms with van der Waals surface area (Å²) in [5.41, 5.74) is 7.19. The molecule has 2 aromatic rings. The lowest BCUT2D eigenvalue weighted by molar-refractivity contribution is 0.237. The van der Waals surface area contributed by atoms with Crippen LogP contribution >= 0.6 is 0 Å². The maximum atomic E-state index is 13.2. The van der Waals surface area contributed by atoms with E-state index in [-0.39, 0.29) is 11.9 Å². The highest BCUT2D eigenvalue weighted by Gasteiger charge is 2.21. The molecule has 1 aliphatic rings. The molecule has 21 heavy (non-hydrogen) atoms. The van der Waals surface area contributed by atoms with E-state index in [1.807, 2.05) is 0 Å². The average Bonchev–Trinajstić information content (AvgIpc) is 2.90. The predicted molar refractivity (Wildman–Crippen MR) is 80.9 cm³/mol. The monoisotopic (exact) mass is 292 g/mol. The fraction of sp³-hybridized carbons (Fsp3) is 0.533. The molecule has 3 rings (SSSR count). The van der Waals surface area contributed by atoms with Gasteiger partial charge in [-0.05, 0) is 18.6 Å². The first-order valence-corrected chi connectivity index (χ1v) is 7.44. The van der Waals surface area contributed by atoms with Gasteiger partial charge in [0.05, 0.1) is 0 Å². The van der Waals surface area contributed by atoms with E-state index in [1.165, 1.54) is 12.1 Å². The number of anilines is 1.